The molecule has 0 saturated heterocycles. The topological polar surface area (TPSA) is 46.5 Å². The van der Waals surface area contributed by atoms with Crippen molar-refractivity contribution in [1.29, 1.82) is 0 Å². The molecule has 0 amide bonds. The largest absolute Gasteiger partial charge is 0.501 e. The molecule has 0 heterocycles. The minimum atomic E-state index is -0.553. The fraction of sp³-hybridized carbons (Fsp3) is 0.450. The molecular formula is C20H26O3. The summed E-state index contributed by atoms with van der Waals surface area (Å²) in [6, 6.07) is 10.1. The van der Waals surface area contributed by atoms with Gasteiger partial charge in [0.2, 0.25) is 0 Å². The van der Waals surface area contributed by atoms with Gasteiger partial charge in [0.15, 0.2) is 5.78 Å². The van der Waals surface area contributed by atoms with Gasteiger partial charge in [-0.15, -0.1) is 0 Å². The van der Waals surface area contributed by atoms with E-state index in [4.69, 9.17) is 4.74 Å². The first-order valence-electron chi connectivity index (χ1n) is 8.13. The third-order valence-corrected chi connectivity index (χ3v) is 4.78. The summed E-state index contributed by atoms with van der Waals surface area (Å²) in [6.07, 6.45) is 4.51. The van der Waals surface area contributed by atoms with E-state index in [1.807, 2.05) is 25.1 Å². The van der Waals surface area contributed by atoms with E-state index in [0.717, 1.165) is 29.7 Å². The van der Waals surface area contributed by atoms with Crippen molar-refractivity contribution in [2.75, 3.05) is 7.11 Å². The highest BCUT2D eigenvalue weighted by Gasteiger charge is 2.40. The second kappa shape index (κ2) is 7.60. The van der Waals surface area contributed by atoms with Gasteiger partial charge in [0, 0.05) is 17.9 Å². The molecule has 0 aromatic heterocycles. The Hall–Kier alpha value is -1.87. The number of rotatable bonds is 7. The Balaban J connectivity index is 2.22. The van der Waals surface area contributed by atoms with E-state index >= 15 is 0 Å². The van der Waals surface area contributed by atoms with Crippen molar-refractivity contribution in [3.8, 4) is 0 Å². The third kappa shape index (κ3) is 4.32. The number of carbonyl (C=O) groups is 1. The van der Waals surface area contributed by atoms with Crippen molar-refractivity contribution in [1.82, 2.24) is 0 Å². The van der Waals surface area contributed by atoms with E-state index < -0.39 is 11.5 Å². The van der Waals surface area contributed by atoms with Gasteiger partial charge in [0.1, 0.15) is 0 Å². The Bertz CT molecular complexity index is 588. The number of allylic oxidation sites excluding steroid dienone is 2. The van der Waals surface area contributed by atoms with Crippen LogP contribution in [-0.4, -0.2) is 24.1 Å². The van der Waals surface area contributed by atoms with Gasteiger partial charge in [-0.2, -0.15) is 0 Å². The van der Waals surface area contributed by atoms with E-state index in [9.17, 15) is 9.90 Å². The molecule has 1 aromatic carbocycles. The first kappa shape index (κ1) is 17.5. The van der Waals surface area contributed by atoms with Crippen LogP contribution in [0, 0.1) is 5.41 Å². The summed E-state index contributed by atoms with van der Waals surface area (Å²) in [5, 5.41) is 10.1. The molecule has 0 aliphatic heterocycles. The third-order valence-electron chi connectivity index (χ3n) is 4.78. The lowest BCUT2D eigenvalue weighted by Gasteiger charge is -2.35. The highest BCUT2D eigenvalue weighted by Crippen LogP contribution is 2.40. The van der Waals surface area contributed by atoms with Gasteiger partial charge >= 0.3 is 0 Å². The Morgan fingerprint density at radius 2 is 2.09 bits per heavy atom. The van der Waals surface area contributed by atoms with Crippen LogP contribution in [-0.2, 0) is 16.0 Å². The van der Waals surface area contributed by atoms with E-state index in [-0.39, 0.29) is 5.78 Å². The Morgan fingerprint density at radius 1 is 1.39 bits per heavy atom. The van der Waals surface area contributed by atoms with Crippen LogP contribution >= 0.6 is 0 Å². The predicted molar refractivity (Wildman–Crippen MR) is 92.0 cm³/mol. The molecule has 1 aliphatic carbocycles. The zero-order chi connectivity index (χ0) is 16.9. The second-order valence-electron chi connectivity index (χ2n) is 6.52. The molecule has 3 nitrogen and oxygen atoms in total. The van der Waals surface area contributed by atoms with E-state index in [1.54, 1.807) is 13.2 Å². The average molecular weight is 314 g/mol. The lowest BCUT2D eigenvalue weighted by atomic mass is 9.68. The molecule has 0 bridgehead atoms. The summed E-state index contributed by atoms with van der Waals surface area (Å²) < 4.78 is 5.25. The average Bonchev–Trinajstić information content (AvgIpc) is 2.55. The molecule has 0 spiro atoms. The number of aliphatic hydroxyl groups is 1. The predicted octanol–water partition coefficient (Wildman–Crippen LogP) is 3.83. The fourth-order valence-electron chi connectivity index (χ4n) is 3.18. The fourth-order valence-corrected chi connectivity index (χ4v) is 3.18. The van der Waals surface area contributed by atoms with Crippen LogP contribution < -0.4 is 0 Å². The standard InChI is InChI=1S/C20H26O3/c1-15(2)18(21)10-12-20(14-16-7-5-4-6-8-16)11-9-17(23-3)13-19(20)22/h4-8,13,18,21H,1,9-12,14H2,2-3H3/t18-,20+/m0/s1. The molecule has 0 unspecified atom stereocenters. The van der Waals surface area contributed by atoms with Crippen LogP contribution in [0.3, 0.4) is 0 Å². The molecule has 0 radical (unpaired) electrons. The van der Waals surface area contributed by atoms with Crippen molar-refractivity contribution < 1.29 is 14.6 Å². The first-order valence-corrected chi connectivity index (χ1v) is 8.13. The summed E-state index contributed by atoms with van der Waals surface area (Å²) in [5.41, 5.74) is 1.44. The summed E-state index contributed by atoms with van der Waals surface area (Å²) in [4.78, 5) is 12.8. The number of methoxy groups -OCH3 is 1. The lowest BCUT2D eigenvalue weighted by Crippen LogP contribution is -2.36. The number of carbonyl (C=O) groups excluding carboxylic acids is 1. The number of hydrogen-bond acceptors (Lipinski definition) is 3. The van der Waals surface area contributed by atoms with Crippen molar-refractivity contribution in [3.05, 3.63) is 59.9 Å². The molecule has 1 aliphatic rings. The lowest BCUT2D eigenvalue weighted by molar-refractivity contribution is -0.126. The highest BCUT2D eigenvalue weighted by atomic mass is 16.5. The molecule has 23 heavy (non-hydrogen) atoms. The number of ketones is 1. The van der Waals surface area contributed by atoms with Gasteiger partial charge < -0.3 is 9.84 Å². The minimum Gasteiger partial charge on any atom is -0.501 e. The van der Waals surface area contributed by atoms with E-state index in [2.05, 4.69) is 18.7 Å². The summed E-state index contributed by atoms with van der Waals surface area (Å²) in [5.74, 6) is 0.859. The van der Waals surface area contributed by atoms with Gasteiger partial charge in [-0.05, 0) is 38.2 Å². The quantitative estimate of drug-likeness (QED) is 0.778. The van der Waals surface area contributed by atoms with Gasteiger partial charge in [0.05, 0.1) is 19.0 Å². The van der Waals surface area contributed by atoms with Crippen LogP contribution in [0.1, 0.15) is 38.2 Å². The number of benzene rings is 1. The zero-order valence-electron chi connectivity index (χ0n) is 14.0. The second-order valence-corrected chi connectivity index (χ2v) is 6.52. The SMILES string of the molecule is C=C(C)[C@@H](O)CC[C@@]1(Cc2ccccc2)CCC(OC)=CC1=O. The normalized spacial score (nSPS) is 22.4. The zero-order valence-corrected chi connectivity index (χ0v) is 14.0. The van der Waals surface area contributed by atoms with Crippen LogP contribution in [0.2, 0.25) is 0 Å². The van der Waals surface area contributed by atoms with Gasteiger partial charge in [-0.25, -0.2) is 0 Å². The maximum Gasteiger partial charge on any atom is 0.165 e. The smallest absolute Gasteiger partial charge is 0.165 e. The maximum atomic E-state index is 12.8. The summed E-state index contributed by atoms with van der Waals surface area (Å²) >= 11 is 0. The Morgan fingerprint density at radius 3 is 2.65 bits per heavy atom. The van der Waals surface area contributed by atoms with Gasteiger partial charge in [-0.1, -0.05) is 42.5 Å². The van der Waals surface area contributed by atoms with Gasteiger partial charge in [-0.3, -0.25) is 4.79 Å². The summed E-state index contributed by atoms with van der Waals surface area (Å²) in [7, 11) is 1.61. The monoisotopic (exact) mass is 314 g/mol. The number of ether oxygens (including phenoxy) is 1. The molecule has 124 valence electrons. The number of hydrogen-bond donors (Lipinski definition) is 1. The maximum absolute atomic E-state index is 12.8. The van der Waals surface area contributed by atoms with E-state index in [0.29, 0.717) is 19.3 Å². The molecule has 2 rings (SSSR count). The first-order chi connectivity index (χ1) is 11.0. The van der Waals surface area contributed by atoms with Crippen molar-refractivity contribution >= 4 is 5.78 Å². The highest BCUT2D eigenvalue weighted by molar-refractivity contribution is 5.96. The molecule has 0 saturated carbocycles. The van der Waals surface area contributed by atoms with Crippen LogP contribution in [0.15, 0.2) is 54.3 Å². The summed E-state index contributed by atoms with van der Waals surface area (Å²) in [6.45, 7) is 5.62. The molecule has 3 heteroatoms. The molecule has 1 N–H and O–H groups in total. The van der Waals surface area contributed by atoms with Crippen molar-refractivity contribution in [3.63, 3.8) is 0 Å². The van der Waals surface area contributed by atoms with Crippen molar-refractivity contribution in [2.45, 2.75) is 45.1 Å². The van der Waals surface area contributed by atoms with Crippen molar-refractivity contribution in [2.24, 2.45) is 5.41 Å². The molecule has 1 aromatic rings. The van der Waals surface area contributed by atoms with Crippen LogP contribution in [0.5, 0.6) is 0 Å². The minimum absolute atomic E-state index is 0.110. The molecular weight excluding hydrogens is 288 g/mol. The Labute approximate surface area is 138 Å². The van der Waals surface area contributed by atoms with E-state index in [1.165, 1.54) is 0 Å². The van der Waals surface area contributed by atoms with Gasteiger partial charge in [0.25, 0.3) is 0 Å². The molecule has 2 atom stereocenters. The Kier molecular flexibility index (Phi) is 5.78. The van der Waals surface area contributed by atoms with Crippen LogP contribution in [0.4, 0.5) is 0 Å². The number of aliphatic hydroxyl groups excluding tert-OH is 1. The van der Waals surface area contributed by atoms with Crippen LogP contribution in [0.25, 0.3) is 0 Å². The molecule has 0 fully saturated rings.